The number of benzene rings is 2. The Balaban J connectivity index is 2.39. The Kier molecular flexibility index (Phi) is 4.25. The number of carbonyl (C=O) groups is 1. The molecule has 2 rings (SSSR count). The number of carboxylic acid groups (broad SMARTS) is 1. The normalized spacial score (nSPS) is 10.3. The van der Waals surface area contributed by atoms with Gasteiger partial charge in [-0.2, -0.15) is 0 Å². The minimum absolute atomic E-state index is 0.0607. The molecule has 0 heterocycles. The first kappa shape index (κ1) is 14.3. The molecule has 0 spiro atoms. The van der Waals surface area contributed by atoms with Crippen LogP contribution in [0.2, 0.25) is 5.02 Å². The summed E-state index contributed by atoms with van der Waals surface area (Å²) >= 11 is 5.97. The molecule has 0 saturated carbocycles. The van der Waals surface area contributed by atoms with Crippen LogP contribution in [0.15, 0.2) is 42.5 Å². The highest BCUT2D eigenvalue weighted by Gasteiger charge is 2.13. The number of halogens is 2. The lowest BCUT2D eigenvalue weighted by molar-refractivity contribution is 0.0697. The summed E-state index contributed by atoms with van der Waals surface area (Å²) in [6.45, 7) is 2.59. The van der Waals surface area contributed by atoms with Crippen LogP contribution in [0.25, 0.3) is 0 Å². The fourth-order valence-electron chi connectivity index (χ4n) is 1.98. The van der Waals surface area contributed by atoms with Gasteiger partial charge in [-0.15, -0.1) is 0 Å². The Morgan fingerprint density at radius 2 is 1.80 bits per heavy atom. The van der Waals surface area contributed by atoms with Crippen LogP contribution in [0.5, 0.6) is 0 Å². The summed E-state index contributed by atoms with van der Waals surface area (Å²) in [4.78, 5) is 12.9. The van der Waals surface area contributed by atoms with Crippen LogP contribution in [0.1, 0.15) is 17.3 Å². The van der Waals surface area contributed by atoms with Crippen molar-refractivity contribution in [3.05, 3.63) is 58.9 Å². The van der Waals surface area contributed by atoms with Crippen LogP contribution in [0.4, 0.5) is 15.8 Å². The van der Waals surface area contributed by atoms with Crippen molar-refractivity contribution in [2.45, 2.75) is 6.92 Å². The fourth-order valence-corrected chi connectivity index (χ4v) is 2.24. The van der Waals surface area contributed by atoms with Crippen LogP contribution in [0.3, 0.4) is 0 Å². The topological polar surface area (TPSA) is 40.5 Å². The van der Waals surface area contributed by atoms with Gasteiger partial charge >= 0.3 is 5.97 Å². The maximum absolute atomic E-state index is 13.0. The molecule has 0 radical (unpaired) electrons. The molecule has 0 saturated heterocycles. The van der Waals surface area contributed by atoms with Gasteiger partial charge in [0.15, 0.2) is 0 Å². The summed E-state index contributed by atoms with van der Waals surface area (Å²) in [5, 5.41) is 9.14. The maximum Gasteiger partial charge on any atom is 0.337 e. The molecule has 5 heteroatoms. The number of hydrogen-bond acceptors (Lipinski definition) is 2. The van der Waals surface area contributed by atoms with Gasteiger partial charge in [-0.25, -0.2) is 9.18 Å². The van der Waals surface area contributed by atoms with Crippen LogP contribution >= 0.6 is 11.6 Å². The molecule has 2 aromatic carbocycles. The van der Waals surface area contributed by atoms with E-state index in [1.165, 1.54) is 18.2 Å². The molecular formula is C15H13ClFNO2. The maximum atomic E-state index is 13.0. The Morgan fingerprint density at radius 3 is 2.30 bits per heavy atom. The summed E-state index contributed by atoms with van der Waals surface area (Å²) in [6.07, 6.45) is 0. The van der Waals surface area contributed by atoms with Crippen molar-refractivity contribution in [1.82, 2.24) is 0 Å². The molecular weight excluding hydrogens is 281 g/mol. The first-order valence-electron chi connectivity index (χ1n) is 6.09. The predicted octanol–water partition coefficient (Wildman–Crippen LogP) is 4.34. The lowest BCUT2D eigenvalue weighted by Gasteiger charge is -2.23. The molecule has 1 N–H and O–H groups in total. The van der Waals surface area contributed by atoms with E-state index in [1.807, 2.05) is 11.8 Å². The second-order valence-electron chi connectivity index (χ2n) is 4.19. The SMILES string of the molecule is CCN(c1ccc(F)cc1)c1ccc(C(=O)O)c(Cl)c1. The molecule has 0 aliphatic carbocycles. The lowest BCUT2D eigenvalue weighted by atomic mass is 10.1. The quantitative estimate of drug-likeness (QED) is 0.912. The predicted molar refractivity (Wildman–Crippen MR) is 77.5 cm³/mol. The molecule has 0 bridgehead atoms. The van der Waals surface area contributed by atoms with Gasteiger partial charge in [-0.05, 0) is 49.4 Å². The molecule has 0 atom stereocenters. The molecule has 0 fully saturated rings. The number of hydrogen-bond donors (Lipinski definition) is 1. The average Bonchev–Trinajstić information content (AvgIpc) is 2.41. The Bertz CT molecular complexity index is 628. The number of carboxylic acids is 1. The van der Waals surface area contributed by atoms with Crippen molar-refractivity contribution in [3.63, 3.8) is 0 Å². The smallest absolute Gasteiger partial charge is 0.337 e. The van der Waals surface area contributed by atoms with Crippen molar-refractivity contribution in [1.29, 1.82) is 0 Å². The zero-order valence-corrected chi connectivity index (χ0v) is 11.6. The summed E-state index contributed by atoms with van der Waals surface area (Å²) in [5.74, 6) is -1.37. The van der Waals surface area contributed by atoms with Gasteiger partial charge in [0.05, 0.1) is 10.6 Å². The zero-order chi connectivity index (χ0) is 14.7. The minimum Gasteiger partial charge on any atom is -0.478 e. The summed E-state index contributed by atoms with van der Waals surface area (Å²) in [7, 11) is 0. The summed E-state index contributed by atoms with van der Waals surface area (Å²) in [6, 6.07) is 10.8. The standard InChI is InChI=1S/C15H13ClFNO2/c1-2-18(11-5-3-10(17)4-6-11)12-7-8-13(15(19)20)14(16)9-12/h3-9H,2H2,1H3,(H,19,20). The monoisotopic (exact) mass is 293 g/mol. The van der Waals surface area contributed by atoms with E-state index in [-0.39, 0.29) is 16.4 Å². The highest BCUT2D eigenvalue weighted by Crippen LogP contribution is 2.29. The third-order valence-corrected chi connectivity index (χ3v) is 3.26. The van der Waals surface area contributed by atoms with Crippen molar-refractivity contribution < 1.29 is 14.3 Å². The average molecular weight is 294 g/mol. The number of aromatic carboxylic acids is 1. The van der Waals surface area contributed by atoms with E-state index >= 15 is 0 Å². The third kappa shape index (κ3) is 2.91. The molecule has 20 heavy (non-hydrogen) atoms. The van der Waals surface area contributed by atoms with E-state index in [9.17, 15) is 9.18 Å². The van der Waals surface area contributed by atoms with Crippen molar-refractivity contribution >= 4 is 28.9 Å². The summed E-state index contributed by atoms with van der Waals surface area (Å²) < 4.78 is 13.0. The molecule has 2 aromatic rings. The highest BCUT2D eigenvalue weighted by molar-refractivity contribution is 6.33. The van der Waals surface area contributed by atoms with Crippen molar-refractivity contribution in [3.8, 4) is 0 Å². The van der Waals surface area contributed by atoms with E-state index in [0.717, 1.165) is 11.4 Å². The molecule has 0 unspecified atom stereocenters. The molecule has 104 valence electrons. The van der Waals surface area contributed by atoms with Crippen LogP contribution in [-0.2, 0) is 0 Å². The van der Waals surface area contributed by atoms with Gasteiger partial charge in [0.25, 0.3) is 0 Å². The Hall–Kier alpha value is -2.07. The highest BCUT2D eigenvalue weighted by atomic mass is 35.5. The number of rotatable bonds is 4. The Morgan fingerprint density at radius 1 is 1.20 bits per heavy atom. The van der Waals surface area contributed by atoms with Gasteiger partial charge in [0, 0.05) is 17.9 Å². The molecule has 0 amide bonds. The van der Waals surface area contributed by atoms with Gasteiger partial charge in [0.1, 0.15) is 5.82 Å². The molecule has 0 aromatic heterocycles. The lowest BCUT2D eigenvalue weighted by Crippen LogP contribution is -2.16. The van der Waals surface area contributed by atoms with E-state index < -0.39 is 5.97 Å². The van der Waals surface area contributed by atoms with Gasteiger partial charge in [-0.3, -0.25) is 0 Å². The van der Waals surface area contributed by atoms with Crippen LogP contribution in [-0.4, -0.2) is 17.6 Å². The van der Waals surface area contributed by atoms with Gasteiger partial charge in [0.2, 0.25) is 0 Å². The number of nitrogens with zero attached hydrogens (tertiary/aromatic N) is 1. The van der Waals surface area contributed by atoms with Crippen LogP contribution < -0.4 is 4.90 Å². The van der Waals surface area contributed by atoms with Gasteiger partial charge in [-0.1, -0.05) is 11.6 Å². The fraction of sp³-hybridized carbons (Fsp3) is 0.133. The van der Waals surface area contributed by atoms with E-state index in [0.29, 0.717) is 6.54 Å². The van der Waals surface area contributed by atoms with E-state index in [2.05, 4.69) is 0 Å². The third-order valence-electron chi connectivity index (χ3n) is 2.95. The first-order chi connectivity index (χ1) is 9.52. The summed E-state index contributed by atoms with van der Waals surface area (Å²) in [5.41, 5.74) is 1.63. The van der Waals surface area contributed by atoms with E-state index in [1.54, 1.807) is 24.3 Å². The van der Waals surface area contributed by atoms with E-state index in [4.69, 9.17) is 16.7 Å². The molecule has 0 aliphatic heterocycles. The molecule has 0 aliphatic rings. The Labute approximate surface area is 121 Å². The minimum atomic E-state index is -1.06. The second kappa shape index (κ2) is 5.92. The van der Waals surface area contributed by atoms with Crippen LogP contribution in [0, 0.1) is 5.82 Å². The molecule has 3 nitrogen and oxygen atoms in total. The van der Waals surface area contributed by atoms with Gasteiger partial charge < -0.3 is 10.0 Å². The first-order valence-corrected chi connectivity index (χ1v) is 6.46. The van der Waals surface area contributed by atoms with Crippen molar-refractivity contribution in [2.24, 2.45) is 0 Å². The zero-order valence-electron chi connectivity index (χ0n) is 10.8. The number of anilines is 2. The largest absolute Gasteiger partial charge is 0.478 e. The second-order valence-corrected chi connectivity index (χ2v) is 4.60. The van der Waals surface area contributed by atoms with Crippen molar-refractivity contribution in [2.75, 3.05) is 11.4 Å².